The highest BCUT2D eigenvalue weighted by atomic mass is 32.2. The number of piperazine rings is 1. The van der Waals surface area contributed by atoms with Crippen LogP contribution in [0.15, 0.2) is 46.2 Å². The van der Waals surface area contributed by atoms with Crippen LogP contribution in [0.1, 0.15) is 42.5 Å². The van der Waals surface area contributed by atoms with E-state index in [1.165, 1.54) is 24.3 Å². The molecule has 0 unspecified atom stereocenters. The second-order valence-electron chi connectivity index (χ2n) is 9.47. The summed E-state index contributed by atoms with van der Waals surface area (Å²) in [6, 6.07) is 8.23. The third-order valence-electron chi connectivity index (χ3n) is 6.71. The number of sulfone groups is 2. The van der Waals surface area contributed by atoms with E-state index in [1.807, 2.05) is 0 Å². The minimum Gasteiger partial charge on any atom is -0.490 e. The maximum absolute atomic E-state index is 14.7. The minimum atomic E-state index is -3.52. The Balaban J connectivity index is 1.52. The lowest BCUT2D eigenvalue weighted by atomic mass is 9.97. The van der Waals surface area contributed by atoms with Gasteiger partial charge in [-0.3, -0.25) is 4.79 Å². The van der Waals surface area contributed by atoms with Gasteiger partial charge in [0.25, 0.3) is 5.91 Å². The van der Waals surface area contributed by atoms with Crippen LogP contribution in [0.4, 0.5) is 10.1 Å². The molecule has 2 aromatic carbocycles. The molecular formula is C25H31FN2O6S2. The molecule has 2 fully saturated rings. The van der Waals surface area contributed by atoms with Crippen LogP contribution in [-0.2, 0) is 19.7 Å². The molecule has 0 N–H and O–H groups in total. The molecule has 8 nitrogen and oxygen atoms in total. The van der Waals surface area contributed by atoms with Gasteiger partial charge in [-0.15, -0.1) is 0 Å². The monoisotopic (exact) mass is 538 g/mol. The molecule has 11 heteroatoms. The molecule has 2 aromatic rings. The summed E-state index contributed by atoms with van der Waals surface area (Å²) in [5.74, 6) is -0.593. The Morgan fingerprint density at radius 3 is 2.03 bits per heavy atom. The first kappa shape index (κ1) is 26.4. The van der Waals surface area contributed by atoms with Crippen molar-refractivity contribution in [2.45, 2.75) is 48.0 Å². The van der Waals surface area contributed by atoms with E-state index >= 15 is 0 Å². The third kappa shape index (κ3) is 6.00. The molecule has 196 valence electrons. The fraction of sp³-hybridized carbons (Fsp3) is 0.480. The molecule has 1 amide bonds. The number of ether oxygens (including phenoxy) is 1. The molecule has 0 atom stereocenters. The van der Waals surface area contributed by atoms with Crippen molar-refractivity contribution in [2.24, 2.45) is 0 Å². The molecule has 0 bridgehead atoms. The molecule has 1 aliphatic heterocycles. The van der Waals surface area contributed by atoms with Gasteiger partial charge in [0.1, 0.15) is 11.6 Å². The first-order valence-electron chi connectivity index (χ1n) is 12.0. The molecule has 1 aliphatic carbocycles. The van der Waals surface area contributed by atoms with E-state index in [4.69, 9.17) is 4.74 Å². The quantitative estimate of drug-likeness (QED) is 0.556. The normalized spacial score (nSPS) is 17.8. The number of rotatable bonds is 6. The Bertz CT molecular complexity index is 1350. The average molecular weight is 539 g/mol. The van der Waals surface area contributed by atoms with Crippen LogP contribution in [0.25, 0.3) is 0 Å². The van der Waals surface area contributed by atoms with E-state index in [9.17, 15) is 26.0 Å². The first-order chi connectivity index (χ1) is 16.9. The number of carbonyl (C=O) groups is 1. The lowest BCUT2D eigenvalue weighted by Crippen LogP contribution is -2.49. The predicted octanol–water partition coefficient (Wildman–Crippen LogP) is 3.31. The molecule has 4 rings (SSSR count). The fourth-order valence-corrected chi connectivity index (χ4v) is 5.95. The van der Waals surface area contributed by atoms with Gasteiger partial charge in [0.2, 0.25) is 0 Å². The van der Waals surface area contributed by atoms with Crippen LogP contribution in [0.3, 0.4) is 0 Å². The lowest BCUT2D eigenvalue weighted by molar-refractivity contribution is 0.0735. The van der Waals surface area contributed by atoms with E-state index < -0.39 is 25.5 Å². The van der Waals surface area contributed by atoms with Crippen LogP contribution < -0.4 is 9.64 Å². The maximum Gasteiger partial charge on any atom is 0.257 e. The summed E-state index contributed by atoms with van der Waals surface area (Å²) in [6.45, 7) is 1.26. The highest BCUT2D eigenvalue weighted by Gasteiger charge is 2.28. The van der Waals surface area contributed by atoms with Crippen molar-refractivity contribution < 1.29 is 30.8 Å². The van der Waals surface area contributed by atoms with E-state index in [0.29, 0.717) is 18.8 Å². The van der Waals surface area contributed by atoms with Gasteiger partial charge >= 0.3 is 0 Å². The highest BCUT2D eigenvalue weighted by molar-refractivity contribution is 7.91. The largest absolute Gasteiger partial charge is 0.490 e. The zero-order valence-corrected chi connectivity index (χ0v) is 22.1. The van der Waals surface area contributed by atoms with Gasteiger partial charge in [0.05, 0.1) is 27.1 Å². The summed E-state index contributed by atoms with van der Waals surface area (Å²) in [4.78, 5) is 16.8. The van der Waals surface area contributed by atoms with Gasteiger partial charge in [0, 0.05) is 38.7 Å². The summed E-state index contributed by atoms with van der Waals surface area (Å²) in [5.41, 5.74) is 0.482. The van der Waals surface area contributed by atoms with Gasteiger partial charge in [-0.25, -0.2) is 21.2 Å². The Morgan fingerprint density at radius 2 is 1.44 bits per heavy atom. The SMILES string of the molecule is CS(=O)(=O)c1ccc(N2CCN(C(=O)c3cc(S(C)(=O)=O)ccc3OC3CCCCC3)CC2)c(F)c1. The van der Waals surface area contributed by atoms with Gasteiger partial charge in [0.15, 0.2) is 19.7 Å². The maximum atomic E-state index is 14.7. The number of benzene rings is 2. The van der Waals surface area contributed by atoms with Crippen LogP contribution in [0.2, 0.25) is 0 Å². The van der Waals surface area contributed by atoms with E-state index in [-0.39, 0.29) is 46.1 Å². The number of nitrogens with zero attached hydrogens (tertiary/aromatic N) is 2. The third-order valence-corrected chi connectivity index (χ3v) is 8.93. The van der Waals surface area contributed by atoms with Crippen molar-refractivity contribution in [2.75, 3.05) is 43.6 Å². The molecular weight excluding hydrogens is 507 g/mol. The van der Waals surface area contributed by atoms with Crippen molar-refractivity contribution in [1.82, 2.24) is 4.90 Å². The number of anilines is 1. The molecule has 0 radical (unpaired) electrons. The number of hydrogen-bond donors (Lipinski definition) is 0. The average Bonchev–Trinajstić information content (AvgIpc) is 2.83. The van der Waals surface area contributed by atoms with Gasteiger partial charge in [-0.2, -0.15) is 0 Å². The minimum absolute atomic E-state index is 0.0101. The van der Waals surface area contributed by atoms with Crippen LogP contribution in [-0.4, -0.2) is 72.4 Å². The number of amides is 1. The number of carbonyl (C=O) groups excluding carboxylic acids is 1. The van der Waals surface area contributed by atoms with Gasteiger partial charge < -0.3 is 14.5 Å². The Kier molecular flexibility index (Phi) is 7.61. The summed E-state index contributed by atoms with van der Waals surface area (Å²) >= 11 is 0. The summed E-state index contributed by atoms with van der Waals surface area (Å²) in [6.07, 6.45) is 7.16. The first-order valence-corrected chi connectivity index (χ1v) is 15.8. The van der Waals surface area contributed by atoms with Crippen molar-refractivity contribution in [3.63, 3.8) is 0 Å². The number of hydrogen-bond acceptors (Lipinski definition) is 7. The predicted molar refractivity (Wildman–Crippen MR) is 135 cm³/mol. The van der Waals surface area contributed by atoms with Crippen molar-refractivity contribution in [3.05, 3.63) is 47.8 Å². The van der Waals surface area contributed by atoms with E-state index in [0.717, 1.165) is 50.7 Å². The molecule has 0 spiro atoms. The standard InChI is InChI=1S/C25H31FN2O6S2/c1-35(30,31)19-9-11-24(34-18-6-4-3-5-7-18)21(16-19)25(29)28-14-12-27(13-15-28)23-10-8-20(17-22(23)26)36(2,32)33/h8-11,16-18H,3-7,12-15H2,1-2H3. The smallest absolute Gasteiger partial charge is 0.257 e. The zero-order valence-electron chi connectivity index (χ0n) is 20.4. The van der Waals surface area contributed by atoms with Crippen molar-refractivity contribution in [3.8, 4) is 5.75 Å². The summed E-state index contributed by atoms with van der Waals surface area (Å²) in [7, 11) is -7.04. The Hall–Kier alpha value is -2.66. The molecule has 2 aliphatic rings. The molecule has 1 saturated heterocycles. The zero-order chi connectivity index (χ0) is 26.1. The molecule has 36 heavy (non-hydrogen) atoms. The van der Waals surface area contributed by atoms with Crippen molar-refractivity contribution >= 4 is 31.3 Å². The van der Waals surface area contributed by atoms with Gasteiger partial charge in [-0.1, -0.05) is 6.42 Å². The number of halogens is 1. The van der Waals surface area contributed by atoms with Crippen LogP contribution in [0.5, 0.6) is 5.75 Å². The molecule has 1 saturated carbocycles. The second-order valence-corrected chi connectivity index (χ2v) is 13.5. The lowest BCUT2D eigenvalue weighted by Gasteiger charge is -2.36. The van der Waals surface area contributed by atoms with Crippen molar-refractivity contribution in [1.29, 1.82) is 0 Å². The fourth-order valence-electron chi connectivity index (χ4n) is 4.67. The van der Waals surface area contributed by atoms with E-state index in [2.05, 4.69) is 0 Å². The Morgan fingerprint density at radius 1 is 0.861 bits per heavy atom. The van der Waals surface area contributed by atoms with Crippen LogP contribution >= 0.6 is 0 Å². The summed E-state index contributed by atoms with van der Waals surface area (Å²) in [5, 5.41) is 0. The second kappa shape index (κ2) is 10.4. The molecule has 1 heterocycles. The molecule has 0 aromatic heterocycles. The topological polar surface area (TPSA) is 101 Å². The Labute approximate surface area is 211 Å². The van der Waals surface area contributed by atoms with Crippen LogP contribution in [0, 0.1) is 5.82 Å². The van der Waals surface area contributed by atoms with E-state index in [1.54, 1.807) is 15.9 Å². The van der Waals surface area contributed by atoms with Gasteiger partial charge in [-0.05, 0) is 62.1 Å². The highest BCUT2D eigenvalue weighted by Crippen LogP contribution is 2.30. The summed E-state index contributed by atoms with van der Waals surface area (Å²) < 4.78 is 68.5.